The predicted octanol–water partition coefficient (Wildman–Crippen LogP) is 3.64. The van der Waals surface area contributed by atoms with Gasteiger partial charge in [0.05, 0.1) is 0 Å². The second kappa shape index (κ2) is 8.51. The first-order valence-corrected chi connectivity index (χ1v) is 8.42. The van der Waals surface area contributed by atoms with E-state index in [1.165, 1.54) is 0 Å². The van der Waals surface area contributed by atoms with Gasteiger partial charge in [-0.05, 0) is 43.4 Å². The van der Waals surface area contributed by atoms with Gasteiger partial charge in [-0.2, -0.15) is 0 Å². The third-order valence-corrected chi connectivity index (χ3v) is 4.36. The van der Waals surface area contributed by atoms with Crippen molar-refractivity contribution in [1.29, 1.82) is 0 Å². The number of amides is 2. The molecule has 4 nitrogen and oxygen atoms in total. The number of nitrogens with one attached hydrogen (secondary N) is 2. The number of carbonyl (C=O) groups is 2. The lowest BCUT2D eigenvalue weighted by molar-refractivity contribution is -0.125. The van der Waals surface area contributed by atoms with Gasteiger partial charge in [0.2, 0.25) is 11.8 Å². The van der Waals surface area contributed by atoms with E-state index in [4.69, 9.17) is 0 Å². The zero-order valence-electron chi connectivity index (χ0n) is 14.0. The van der Waals surface area contributed by atoms with Crippen LogP contribution in [0.25, 0.3) is 0 Å². The summed E-state index contributed by atoms with van der Waals surface area (Å²) < 4.78 is 0. The summed E-state index contributed by atoms with van der Waals surface area (Å²) in [4.78, 5) is 24.1. The van der Waals surface area contributed by atoms with E-state index < -0.39 is 0 Å². The molecule has 0 saturated heterocycles. The maximum absolute atomic E-state index is 12.1. The van der Waals surface area contributed by atoms with Crippen molar-refractivity contribution >= 4 is 17.5 Å². The predicted molar refractivity (Wildman–Crippen MR) is 92.9 cm³/mol. The van der Waals surface area contributed by atoms with E-state index in [-0.39, 0.29) is 23.7 Å². The van der Waals surface area contributed by atoms with Gasteiger partial charge in [-0.25, -0.2) is 0 Å². The monoisotopic (exact) mass is 314 g/mol. The molecule has 0 bridgehead atoms. The van der Waals surface area contributed by atoms with Gasteiger partial charge in [0.1, 0.15) is 0 Å². The van der Waals surface area contributed by atoms with E-state index in [1.807, 2.05) is 38.1 Å². The SMILES string of the molecule is CC[C@@H](C)C(=O)Nc1cccc(CNC(=O)[C@H]2CC=CCC2)c1. The van der Waals surface area contributed by atoms with Crippen LogP contribution in [0.4, 0.5) is 5.69 Å². The summed E-state index contributed by atoms with van der Waals surface area (Å²) in [5, 5.41) is 5.92. The van der Waals surface area contributed by atoms with Gasteiger partial charge >= 0.3 is 0 Å². The molecule has 0 unspecified atom stereocenters. The topological polar surface area (TPSA) is 58.2 Å². The minimum atomic E-state index is -0.00212. The molecule has 1 aromatic rings. The molecule has 2 atom stereocenters. The molecule has 1 aliphatic rings. The van der Waals surface area contributed by atoms with Crippen LogP contribution in [0.2, 0.25) is 0 Å². The highest BCUT2D eigenvalue weighted by molar-refractivity contribution is 5.92. The fraction of sp³-hybridized carbons (Fsp3) is 0.474. The van der Waals surface area contributed by atoms with Gasteiger partial charge in [0.25, 0.3) is 0 Å². The molecule has 23 heavy (non-hydrogen) atoms. The molecule has 124 valence electrons. The smallest absolute Gasteiger partial charge is 0.227 e. The summed E-state index contributed by atoms with van der Waals surface area (Å²) in [6.45, 7) is 4.40. The third-order valence-electron chi connectivity index (χ3n) is 4.36. The molecular weight excluding hydrogens is 288 g/mol. The Balaban J connectivity index is 1.88. The Bertz CT molecular complexity index is 580. The molecule has 2 rings (SSSR count). The normalized spacial score (nSPS) is 18.3. The van der Waals surface area contributed by atoms with Crippen molar-refractivity contribution in [3.05, 3.63) is 42.0 Å². The average molecular weight is 314 g/mol. The molecule has 0 saturated carbocycles. The second-order valence-electron chi connectivity index (χ2n) is 6.20. The zero-order chi connectivity index (χ0) is 16.7. The fourth-order valence-electron chi connectivity index (χ4n) is 2.58. The summed E-state index contributed by atoms with van der Waals surface area (Å²) >= 11 is 0. The van der Waals surface area contributed by atoms with E-state index in [0.29, 0.717) is 6.54 Å². The molecule has 0 fully saturated rings. The number of anilines is 1. The number of allylic oxidation sites excluding steroid dienone is 2. The van der Waals surface area contributed by atoms with Crippen LogP contribution >= 0.6 is 0 Å². The van der Waals surface area contributed by atoms with Crippen LogP contribution in [-0.4, -0.2) is 11.8 Å². The van der Waals surface area contributed by atoms with Crippen LogP contribution < -0.4 is 10.6 Å². The summed E-state index contributed by atoms with van der Waals surface area (Å²) in [6.07, 6.45) is 7.77. The van der Waals surface area contributed by atoms with Gasteiger partial charge in [0.15, 0.2) is 0 Å². The van der Waals surface area contributed by atoms with Crippen LogP contribution in [0.15, 0.2) is 36.4 Å². The molecule has 0 aliphatic heterocycles. The van der Waals surface area contributed by atoms with Crippen molar-refractivity contribution in [2.75, 3.05) is 5.32 Å². The highest BCUT2D eigenvalue weighted by atomic mass is 16.2. The molecular formula is C19H26N2O2. The third kappa shape index (κ3) is 5.23. The van der Waals surface area contributed by atoms with E-state index in [9.17, 15) is 9.59 Å². The number of rotatable bonds is 6. The maximum Gasteiger partial charge on any atom is 0.227 e. The minimum absolute atomic E-state index is 0.00212. The lowest BCUT2D eigenvalue weighted by Crippen LogP contribution is -2.30. The molecule has 0 heterocycles. The van der Waals surface area contributed by atoms with Gasteiger partial charge in [-0.3, -0.25) is 9.59 Å². The van der Waals surface area contributed by atoms with Crippen LogP contribution in [0, 0.1) is 11.8 Å². The lowest BCUT2D eigenvalue weighted by atomic mass is 9.93. The highest BCUT2D eigenvalue weighted by Crippen LogP contribution is 2.18. The summed E-state index contributed by atoms with van der Waals surface area (Å²) in [7, 11) is 0. The van der Waals surface area contributed by atoms with E-state index in [1.54, 1.807) is 0 Å². The Labute approximate surface area is 138 Å². The largest absolute Gasteiger partial charge is 0.352 e. The number of carbonyl (C=O) groups excluding carboxylic acids is 2. The van der Waals surface area contributed by atoms with Crippen LogP contribution in [0.3, 0.4) is 0 Å². The Kier molecular flexibility index (Phi) is 6.39. The quantitative estimate of drug-likeness (QED) is 0.788. The van der Waals surface area contributed by atoms with Crippen molar-refractivity contribution < 1.29 is 9.59 Å². The van der Waals surface area contributed by atoms with E-state index in [0.717, 1.165) is 36.9 Å². The Morgan fingerprint density at radius 1 is 1.30 bits per heavy atom. The lowest BCUT2D eigenvalue weighted by Gasteiger charge is -2.17. The standard InChI is InChI=1S/C19H26N2O2/c1-3-14(2)18(22)21-17-11-7-8-15(12-17)13-20-19(23)16-9-5-4-6-10-16/h4-5,7-8,11-12,14,16H,3,6,9-10,13H2,1-2H3,(H,20,23)(H,21,22)/t14-,16+/m1/s1. The summed E-state index contributed by atoms with van der Waals surface area (Å²) in [5.41, 5.74) is 1.77. The number of hydrogen-bond donors (Lipinski definition) is 2. The molecule has 4 heteroatoms. The first-order valence-electron chi connectivity index (χ1n) is 8.42. The first-order chi connectivity index (χ1) is 11.1. The van der Waals surface area contributed by atoms with Crippen molar-refractivity contribution in [2.24, 2.45) is 11.8 Å². The molecule has 0 aromatic heterocycles. The molecule has 0 spiro atoms. The molecule has 1 aliphatic carbocycles. The summed E-state index contributed by atoms with van der Waals surface area (Å²) in [6, 6.07) is 7.65. The molecule has 2 N–H and O–H groups in total. The van der Waals surface area contributed by atoms with Crippen molar-refractivity contribution in [3.8, 4) is 0 Å². The minimum Gasteiger partial charge on any atom is -0.352 e. The number of benzene rings is 1. The van der Waals surface area contributed by atoms with Gasteiger partial charge in [0, 0.05) is 24.1 Å². The fourth-order valence-corrected chi connectivity index (χ4v) is 2.58. The first kappa shape index (κ1) is 17.3. The highest BCUT2D eigenvalue weighted by Gasteiger charge is 2.18. The van der Waals surface area contributed by atoms with E-state index in [2.05, 4.69) is 22.8 Å². The van der Waals surface area contributed by atoms with Crippen LogP contribution in [-0.2, 0) is 16.1 Å². The zero-order valence-corrected chi connectivity index (χ0v) is 14.0. The van der Waals surface area contributed by atoms with Gasteiger partial charge in [-0.1, -0.05) is 38.1 Å². The Morgan fingerprint density at radius 2 is 2.13 bits per heavy atom. The van der Waals surface area contributed by atoms with Crippen LogP contribution in [0.5, 0.6) is 0 Å². The maximum atomic E-state index is 12.1. The summed E-state index contributed by atoms with van der Waals surface area (Å²) in [5.74, 6) is 0.233. The van der Waals surface area contributed by atoms with Gasteiger partial charge < -0.3 is 10.6 Å². The van der Waals surface area contributed by atoms with Crippen molar-refractivity contribution in [2.45, 2.75) is 46.1 Å². The van der Waals surface area contributed by atoms with Crippen molar-refractivity contribution in [3.63, 3.8) is 0 Å². The second-order valence-corrected chi connectivity index (χ2v) is 6.20. The molecule has 1 aromatic carbocycles. The van der Waals surface area contributed by atoms with E-state index >= 15 is 0 Å². The van der Waals surface area contributed by atoms with Crippen molar-refractivity contribution in [1.82, 2.24) is 5.32 Å². The number of hydrogen-bond acceptors (Lipinski definition) is 2. The van der Waals surface area contributed by atoms with Gasteiger partial charge in [-0.15, -0.1) is 0 Å². The molecule has 0 radical (unpaired) electrons. The molecule has 2 amide bonds. The Hall–Kier alpha value is -2.10. The Morgan fingerprint density at radius 3 is 2.83 bits per heavy atom. The average Bonchev–Trinajstić information content (AvgIpc) is 2.60. The van der Waals surface area contributed by atoms with Crippen LogP contribution in [0.1, 0.15) is 45.1 Å².